The van der Waals surface area contributed by atoms with Crippen molar-refractivity contribution in [3.63, 3.8) is 0 Å². The molecule has 5 heteroatoms. The number of benzene rings is 2. The Morgan fingerprint density at radius 1 is 1.15 bits per heavy atom. The van der Waals surface area contributed by atoms with Crippen molar-refractivity contribution < 1.29 is 9.18 Å². The summed E-state index contributed by atoms with van der Waals surface area (Å²) < 4.78 is 15.0. The maximum atomic E-state index is 12.9. The normalized spacial score (nSPS) is 16.1. The van der Waals surface area contributed by atoms with Crippen molar-refractivity contribution in [2.45, 2.75) is 31.8 Å². The van der Waals surface area contributed by atoms with E-state index < -0.39 is 0 Å². The Balaban J connectivity index is 1.42. The number of amides is 1. The molecule has 4 nitrogen and oxygen atoms in total. The van der Waals surface area contributed by atoms with Gasteiger partial charge in [-0.25, -0.2) is 9.37 Å². The van der Waals surface area contributed by atoms with E-state index in [1.807, 2.05) is 12.3 Å². The average Bonchev–Trinajstić information content (AvgIpc) is 3.11. The molecule has 2 aromatic carbocycles. The van der Waals surface area contributed by atoms with Crippen LogP contribution < -0.4 is 5.32 Å². The molecule has 4 rings (SSSR count). The largest absolute Gasteiger partial charge is 0.347 e. The Kier molecular flexibility index (Phi) is 4.52. The fourth-order valence-electron chi connectivity index (χ4n) is 3.43. The third-order valence-electron chi connectivity index (χ3n) is 4.86. The van der Waals surface area contributed by atoms with E-state index in [2.05, 4.69) is 39.1 Å². The van der Waals surface area contributed by atoms with E-state index in [4.69, 9.17) is 0 Å². The molecule has 26 heavy (non-hydrogen) atoms. The second-order valence-corrected chi connectivity index (χ2v) is 6.65. The van der Waals surface area contributed by atoms with Gasteiger partial charge in [0.05, 0.1) is 0 Å². The monoisotopic (exact) mass is 349 g/mol. The van der Waals surface area contributed by atoms with Gasteiger partial charge in [0.15, 0.2) is 0 Å². The van der Waals surface area contributed by atoms with Crippen molar-refractivity contribution in [1.29, 1.82) is 0 Å². The summed E-state index contributed by atoms with van der Waals surface area (Å²) in [6.07, 6.45) is 3.74. The number of carbonyl (C=O) groups is 1. The van der Waals surface area contributed by atoms with E-state index in [9.17, 15) is 9.18 Å². The van der Waals surface area contributed by atoms with Gasteiger partial charge >= 0.3 is 0 Å². The number of imidazole rings is 1. The zero-order valence-electron chi connectivity index (χ0n) is 14.4. The average molecular weight is 349 g/mol. The van der Waals surface area contributed by atoms with Gasteiger partial charge in [0, 0.05) is 31.6 Å². The van der Waals surface area contributed by atoms with Gasteiger partial charge < -0.3 is 9.88 Å². The third-order valence-corrected chi connectivity index (χ3v) is 4.86. The number of rotatable bonds is 4. The Hall–Kier alpha value is -2.95. The number of aromatic nitrogens is 2. The molecule has 1 aliphatic heterocycles. The first-order chi connectivity index (χ1) is 12.7. The van der Waals surface area contributed by atoms with E-state index in [0.29, 0.717) is 18.2 Å². The zero-order chi connectivity index (χ0) is 17.9. The lowest BCUT2D eigenvalue weighted by Crippen LogP contribution is -2.23. The van der Waals surface area contributed by atoms with Gasteiger partial charge in [-0.15, -0.1) is 0 Å². The minimum atomic E-state index is -0.283. The van der Waals surface area contributed by atoms with Crippen LogP contribution in [0.15, 0.2) is 60.8 Å². The Bertz CT molecular complexity index is 903. The number of halogens is 1. The molecule has 0 aliphatic carbocycles. The smallest absolute Gasteiger partial charge is 0.271 e. The SMILES string of the molecule is O=C(NCc1ccc(F)cc1)c1cn2c(n1)CCC(c1ccccc1)C2. The van der Waals surface area contributed by atoms with Gasteiger partial charge in [0.25, 0.3) is 5.91 Å². The lowest BCUT2D eigenvalue weighted by atomic mass is 9.92. The van der Waals surface area contributed by atoms with Gasteiger partial charge in [-0.2, -0.15) is 0 Å². The molecule has 2 heterocycles. The van der Waals surface area contributed by atoms with E-state index in [0.717, 1.165) is 30.8 Å². The van der Waals surface area contributed by atoms with E-state index >= 15 is 0 Å². The Labute approximate surface area is 151 Å². The quantitative estimate of drug-likeness (QED) is 0.781. The maximum Gasteiger partial charge on any atom is 0.271 e. The van der Waals surface area contributed by atoms with Crippen LogP contribution >= 0.6 is 0 Å². The van der Waals surface area contributed by atoms with Crippen LogP contribution in [0, 0.1) is 5.82 Å². The van der Waals surface area contributed by atoms with Crippen LogP contribution in [0.1, 0.15) is 39.8 Å². The summed E-state index contributed by atoms with van der Waals surface area (Å²) in [5, 5.41) is 2.85. The Morgan fingerprint density at radius 3 is 2.69 bits per heavy atom. The van der Waals surface area contributed by atoms with Crippen LogP contribution in [-0.4, -0.2) is 15.5 Å². The van der Waals surface area contributed by atoms with Crippen LogP contribution in [0.4, 0.5) is 4.39 Å². The summed E-state index contributed by atoms with van der Waals surface area (Å²) >= 11 is 0. The predicted molar refractivity (Wildman–Crippen MR) is 97.3 cm³/mol. The van der Waals surface area contributed by atoms with Gasteiger partial charge in [-0.1, -0.05) is 42.5 Å². The summed E-state index contributed by atoms with van der Waals surface area (Å²) in [7, 11) is 0. The molecule has 1 aromatic heterocycles. The molecule has 0 saturated heterocycles. The first-order valence-corrected chi connectivity index (χ1v) is 8.82. The van der Waals surface area contributed by atoms with Crippen molar-refractivity contribution in [1.82, 2.24) is 14.9 Å². The molecule has 0 spiro atoms. The van der Waals surface area contributed by atoms with Crippen LogP contribution in [0.25, 0.3) is 0 Å². The van der Waals surface area contributed by atoms with Crippen molar-refractivity contribution in [2.75, 3.05) is 0 Å². The summed E-state index contributed by atoms with van der Waals surface area (Å²) in [4.78, 5) is 16.9. The van der Waals surface area contributed by atoms with Crippen molar-refractivity contribution in [3.05, 3.63) is 89.3 Å². The van der Waals surface area contributed by atoms with Crippen LogP contribution in [0.2, 0.25) is 0 Å². The van der Waals surface area contributed by atoms with Gasteiger partial charge in [-0.05, 0) is 29.7 Å². The minimum Gasteiger partial charge on any atom is -0.347 e. The molecule has 1 N–H and O–H groups in total. The predicted octanol–water partition coefficient (Wildman–Crippen LogP) is 3.68. The minimum absolute atomic E-state index is 0.201. The van der Waals surface area contributed by atoms with Gasteiger partial charge in [-0.3, -0.25) is 4.79 Å². The Morgan fingerprint density at radius 2 is 1.92 bits per heavy atom. The lowest BCUT2D eigenvalue weighted by Gasteiger charge is -2.23. The molecule has 1 atom stereocenters. The molecule has 132 valence electrons. The fourth-order valence-corrected chi connectivity index (χ4v) is 3.43. The number of hydrogen-bond acceptors (Lipinski definition) is 2. The number of carbonyl (C=O) groups excluding carboxylic acids is 1. The van der Waals surface area contributed by atoms with E-state index in [-0.39, 0.29) is 11.7 Å². The zero-order valence-corrected chi connectivity index (χ0v) is 14.4. The number of fused-ring (bicyclic) bond motifs is 1. The molecular formula is C21H20FN3O. The van der Waals surface area contributed by atoms with Crippen molar-refractivity contribution >= 4 is 5.91 Å². The number of nitrogens with one attached hydrogen (secondary N) is 1. The summed E-state index contributed by atoms with van der Waals surface area (Å²) in [6.45, 7) is 1.20. The molecule has 0 bridgehead atoms. The van der Waals surface area contributed by atoms with Crippen LogP contribution in [-0.2, 0) is 19.5 Å². The first kappa shape index (κ1) is 16.5. The number of aryl methyl sites for hydroxylation is 1. The molecule has 0 fully saturated rings. The topological polar surface area (TPSA) is 46.9 Å². The third kappa shape index (κ3) is 3.52. The fraction of sp³-hybridized carbons (Fsp3) is 0.238. The summed E-state index contributed by atoms with van der Waals surface area (Å²) in [6, 6.07) is 16.6. The van der Waals surface area contributed by atoms with Crippen LogP contribution in [0.3, 0.4) is 0 Å². The molecule has 1 aliphatic rings. The summed E-state index contributed by atoms with van der Waals surface area (Å²) in [5.74, 6) is 0.930. The lowest BCUT2D eigenvalue weighted by molar-refractivity contribution is 0.0946. The molecule has 1 amide bonds. The molecule has 1 unspecified atom stereocenters. The molecular weight excluding hydrogens is 329 g/mol. The number of hydrogen-bond donors (Lipinski definition) is 1. The highest BCUT2D eigenvalue weighted by atomic mass is 19.1. The molecule has 3 aromatic rings. The standard InChI is InChI=1S/C21H20FN3O/c22-18-9-6-15(7-10-18)12-23-21(26)19-14-25-13-17(8-11-20(25)24-19)16-4-2-1-3-5-16/h1-7,9-10,14,17H,8,11-13H2,(H,23,26). The van der Waals surface area contributed by atoms with Gasteiger partial charge in [0.1, 0.15) is 17.3 Å². The highest BCUT2D eigenvalue weighted by Gasteiger charge is 2.23. The molecule has 0 radical (unpaired) electrons. The summed E-state index contributed by atoms with van der Waals surface area (Å²) in [5.41, 5.74) is 2.62. The second-order valence-electron chi connectivity index (χ2n) is 6.65. The van der Waals surface area contributed by atoms with Gasteiger partial charge in [0.2, 0.25) is 0 Å². The van der Waals surface area contributed by atoms with Crippen molar-refractivity contribution in [3.8, 4) is 0 Å². The maximum absolute atomic E-state index is 12.9. The second kappa shape index (κ2) is 7.12. The van der Waals surface area contributed by atoms with Crippen LogP contribution in [0.5, 0.6) is 0 Å². The van der Waals surface area contributed by atoms with E-state index in [1.165, 1.54) is 17.7 Å². The highest BCUT2D eigenvalue weighted by Crippen LogP contribution is 2.28. The van der Waals surface area contributed by atoms with E-state index in [1.54, 1.807) is 12.1 Å². The molecule has 0 saturated carbocycles. The first-order valence-electron chi connectivity index (χ1n) is 8.82. The van der Waals surface area contributed by atoms with Crippen molar-refractivity contribution in [2.24, 2.45) is 0 Å². The highest BCUT2D eigenvalue weighted by molar-refractivity contribution is 5.92. The number of nitrogens with zero attached hydrogens (tertiary/aromatic N) is 2.